The van der Waals surface area contributed by atoms with Gasteiger partial charge in [0.05, 0.1) is 32.0 Å². The fourth-order valence-electron chi connectivity index (χ4n) is 2.04. The van der Waals surface area contributed by atoms with Crippen LogP contribution in [0.5, 0.6) is 0 Å². The number of hydrogen-bond acceptors (Lipinski definition) is 4. The molecule has 0 bridgehead atoms. The first-order valence-electron chi connectivity index (χ1n) is 6.12. The van der Waals surface area contributed by atoms with Gasteiger partial charge in [-0.15, -0.1) is 0 Å². The maximum absolute atomic E-state index is 12.1. The molecule has 0 saturated carbocycles. The molecule has 1 fully saturated rings. The Morgan fingerprint density at radius 3 is 2.71 bits per heavy atom. The van der Waals surface area contributed by atoms with Gasteiger partial charge < -0.3 is 14.4 Å². The van der Waals surface area contributed by atoms with Crippen LogP contribution in [0.3, 0.4) is 0 Å². The van der Waals surface area contributed by atoms with Crippen molar-refractivity contribution in [1.29, 1.82) is 0 Å². The summed E-state index contributed by atoms with van der Waals surface area (Å²) >= 11 is 0. The lowest BCUT2D eigenvalue weighted by molar-refractivity contribution is -0.131. The monoisotopic (exact) mass is 244 g/mol. The lowest BCUT2D eigenvalue weighted by atomic mass is 10.0. The second-order valence-electron chi connectivity index (χ2n) is 4.92. The van der Waals surface area contributed by atoms with Gasteiger partial charge in [0, 0.05) is 14.2 Å². The van der Waals surface area contributed by atoms with Crippen molar-refractivity contribution in [2.24, 2.45) is 5.92 Å². The second-order valence-corrected chi connectivity index (χ2v) is 4.92. The molecule has 0 aliphatic carbocycles. The fraction of sp³-hybridized carbons (Fsp3) is 0.917. The molecular weight excluding hydrogens is 220 g/mol. The lowest BCUT2D eigenvalue weighted by Crippen LogP contribution is -2.38. The molecule has 1 aliphatic heterocycles. The number of methoxy groups -OCH3 is 2. The third kappa shape index (κ3) is 4.26. The van der Waals surface area contributed by atoms with Crippen LogP contribution in [0.1, 0.15) is 20.3 Å². The highest BCUT2D eigenvalue weighted by Crippen LogP contribution is 2.13. The van der Waals surface area contributed by atoms with E-state index >= 15 is 0 Å². The molecule has 100 valence electrons. The quantitative estimate of drug-likeness (QED) is 0.706. The molecule has 0 aromatic rings. The fourth-order valence-corrected chi connectivity index (χ4v) is 2.04. The number of rotatable bonds is 7. The number of ether oxygens (including phenoxy) is 2. The molecule has 1 saturated heterocycles. The van der Waals surface area contributed by atoms with Gasteiger partial charge in [-0.1, -0.05) is 13.8 Å². The van der Waals surface area contributed by atoms with Crippen LogP contribution in [0.15, 0.2) is 0 Å². The number of amides is 1. The third-order valence-corrected chi connectivity index (χ3v) is 2.96. The van der Waals surface area contributed by atoms with Crippen molar-refractivity contribution in [1.82, 2.24) is 10.2 Å². The summed E-state index contributed by atoms with van der Waals surface area (Å²) in [7, 11) is 3.28. The summed E-state index contributed by atoms with van der Waals surface area (Å²) in [5, 5.41) is 3.24. The molecule has 17 heavy (non-hydrogen) atoms. The maximum atomic E-state index is 12.1. The molecule has 1 N–H and O–H groups in total. The van der Waals surface area contributed by atoms with Crippen molar-refractivity contribution in [2.45, 2.75) is 32.4 Å². The van der Waals surface area contributed by atoms with E-state index in [1.165, 1.54) is 0 Å². The molecule has 0 radical (unpaired) electrons. The summed E-state index contributed by atoms with van der Waals surface area (Å²) in [6, 6.07) is -0.0324. The molecule has 1 heterocycles. The summed E-state index contributed by atoms with van der Waals surface area (Å²) in [5.74, 6) is 0.699. The minimum Gasteiger partial charge on any atom is -0.382 e. The maximum Gasteiger partial charge on any atom is 0.240 e. The Hall–Kier alpha value is -0.650. The van der Waals surface area contributed by atoms with Gasteiger partial charge in [-0.2, -0.15) is 0 Å². The normalized spacial score (nSPS) is 22.5. The van der Waals surface area contributed by atoms with E-state index in [-0.39, 0.29) is 18.1 Å². The van der Waals surface area contributed by atoms with E-state index in [1.54, 1.807) is 19.1 Å². The van der Waals surface area contributed by atoms with Crippen LogP contribution >= 0.6 is 0 Å². The average molecular weight is 244 g/mol. The first kappa shape index (κ1) is 14.4. The van der Waals surface area contributed by atoms with Gasteiger partial charge in [0.2, 0.25) is 5.91 Å². The van der Waals surface area contributed by atoms with Crippen LogP contribution in [0.4, 0.5) is 0 Å². The predicted octanol–water partition coefficient (Wildman–Crippen LogP) is 0.452. The van der Waals surface area contributed by atoms with E-state index in [2.05, 4.69) is 19.2 Å². The van der Waals surface area contributed by atoms with Gasteiger partial charge in [-0.25, -0.2) is 0 Å². The van der Waals surface area contributed by atoms with Gasteiger partial charge in [-0.05, 0) is 12.3 Å². The van der Waals surface area contributed by atoms with Crippen molar-refractivity contribution < 1.29 is 14.3 Å². The first-order valence-corrected chi connectivity index (χ1v) is 6.12. The molecule has 2 unspecified atom stereocenters. The SMILES string of the molecule is COCC(CN1CNC(CC(C)C)C1=O)OC. The molecule has 1 aliphatic rings. The highest BCUT2D eigenvalue weighted by molar-refractivity contribution is 5.83. The van der Waals surface area contributed by atoms with Gasteiger partial charge in [0.15, 0.2) is 0 Å². The Bertz CT molecular complexity index is 246. The molecular formula is C12H24N2O3. The van der Waals surface area contributed by atoms with Crippen LogP contribution < -0.4 is 5.32 Å². The van der Waals surface area contributed by atoms with E-state index in [9.17, 15) is 4.79 Å². The van der Waals surface area contributed by atoms with Gasteiger partial charge in [-0.3, -0.25) is 10.1 Å². The number of hydrogen-bond donors (Lipinski definition) is 1. The summed E-state index contributed by atoms with van der Waals surface area (Å²) < 4.78 is 10.3. The van der Waals surface area contributed by atoms with E-state index in [4.69, 9.17) is 9.47 Å². The Morgan fingerprint density at radius 2 is 2.18 bits per heavy atom. The topological polar surface area (TPSA) is 50.8 Å². The van der Waals surface area contributed by atoms with E-state index < -0.39 is 0 Å². The molecule has 5 nitrogen and oxygen atoms in total. The number of nitrogens with zero attached hydrogens (tertiary/aromatic N) is 1. The average Bonchev–Trinajstić information content (AvgIpc) is 2.60. The molecule has 2 atom stereocenters. The zero-order valence-corrected chi connectivity index (χ0v) is 11.2. The second kappa shape index (κ2) is 6.93. The predicted molar refractivity (Wildman–Crippen MR) is 65.6 cm³/mol. The van der Waals surface area contributed by atoms with Gasteiger partial charge in [0.1, 0.15) is 0 Å². The van der Waals surface area contributed by atoms with Crippen molar-refractivity contribution in [3.8, 4) is 0 Å². The minimum atomic E-state index is -0.0523. The zero-order valence-electron chi connectivity index (χ0n) is 11.2. The van der Waals surface area contributed by atoms with Crippen LogP contribution in [-0.2, 0) is 14.3 Å². The zero-order chi connectivity index (χ0) is 12.8. The van der Waals surface area contributed by atoms with Crippen molar-refractivity contribution in [2.75, 3.05) is 34.0 Å². The highest BCUT2D eigenvalue weighted by atomic mass is 16.5. The standard InChI is InChI=1S/C12H24N2O3/c1-9(2)5-11-12(15)14(8-13-11)6-10(17-4)7-16-3/h9-11,13H,5-8H2,1-4H3. The largest absolute Gasteiger partial charge is 0.382 e. The minimum absolute atomic E-state index is 0.0324. The van der Waals surface area contributed by atoms with Crippen molar-refractivity contribution in [3.05, 3.63) is 0 Å². The summed E-state index contributed by atoms with van der Waals surface area (Å²) in [5.41, 5.74) is 0. The number of carbonyl (C=O) groups excluding carboxylic acids is 1. The van der Waals surface area contributed by atoms with E-state index in [0.29, 0.717) is 25.7 Å². The highest BCUT2D eigenvalue weighted by Gasteiger charge is 2.32. The first-order chi connectivity index (χ1) is 8.08. The van der Waals surface area contributed by atoms with Crippen molar-refractivity contribution in [3.63, 3.8) is 0 Å². The van der Waals surface area contributed by atoms with Gasteiger partial charge in [0.25, 0.3) is 0 Å². The van der Waals surface area contributed by atoms with E-state index in [0.717, 1.165) is 6.42 Å². The smallest absolute Gasteiger partial charge is 0.240 e. The van der Waals surface area contributed by atoms with Crippen LogP contribution in [-0.4, -0.2) is 57.0 Å². The Kier molecular flexibility index (Phi) is 5.88. The number of nitrogens with one attached hydrogen (secondary N) is 1. The van der Waals surface area contributed by atoms with E-state index in [1.807, 2.05) is 0 Å². The Balaban J connectivity index is 2.43. The molecule has 0 aromatic heterocycles. The number of carbonyl (C=O) groups is 1. The third-order valence-electron chi connectivity index (χ3n) is 2.96. The van der Waals surface area contributed by atoms with Crippen molar-refractivity contribution >= 4 is 5.91 Å². The molecule has 0 spiro atoms. The summed E-state index contributed by atoms with van der Waals surface area (Å²) in [6.07, 6.45) is 0.834. The molecule has 0 aromatic carbocycles. The van der Waals surface area contributed by atoms with Crippen LogP contribution in [0, 0.1) is 5.92 Å². The Morgan fingerprint density at radius 1 is 1.47 bits per heavy atom. The molecule has 5 heteroatoms. The lowest BCUT2D eigenvalue weighted by Gasteiger charge is -2.22. The van der Waals surface area contributed by atoms with Gasteiger partial charge >= 0.3 is 0 Å². The molecule has 1 rings (SSSR count). The molecule has 1 amide bonds. The summed E-state index contributed by atoms with van der Waals surface area (Å²) in [4.78, 5) is 13.9. The van der Waals surface area contributed by atoms with Crippen LogP contribution in [0.2, 0.25) is 0 Å². The summed E-state index contributed by atoms with van der Waals surface area (Å²) in [6.45, 7) is 5.96. The Labute approximate surface area is 103 Å². The van der Waals surface area contributed by atoms with Crippen LogP contribution in [0.25, 0.3) is 0 Å².